The Hall–Kier alpha value is -2.21. The summed E-state index contributed by atoms with van der Waals surface area (Å²) in [6, 6.07) is 20.4. The quantitative estimate of drug-likeness (QED) is 0.640. The standard InChI is InChI=1S/C19H24N4O/c24-18(23-17-13-20-11-12-21-17)14-22-19(15-7-3-1-4-8-15)16-9-5-2-6-10-16/h1-10,17,19-22H,11-14H2,(H,23,24). The summed E-state index contributed by atoms with van der Waals surface area (Å²) in [5.41, 5.74) is 2.29. The Kier molecular flexibility index (Phi) is 5.96. The molecule has 4 N–H and O–H groups in total. The molecule has 5 heteroatoms. The van der Waals surface area contributed by atoms with Crippen molar-refractivity contribution < 1.29 is 4.79 Å². The second-order valence-corrected chi connectivity index (χ2v) is 5.91. The van der Waals surface area contributed by atoms with Gasteiger partial charge in [-0.1, -0.05) is 60.7 Å². The molecule has 1 atom stereocenters. The average molecular weight is 324 g/mol. The lowest BCUT2D eigenvalue weighted by Gasteiger charge is -2.26. The summed E-state index contributed by atoms with van der Waals surface area (Å²) in [5, 5.41) is 12.9. The molecule has 1 heterocycles. The minimum Gasteiger partial charge on any atom is -0.338 e. The van der Waals surface area contributed by atoms with Gasteiger partial charge < -0.3 is 10.6 Å². The lowest BCUT2D eigenvalue weighted by molar-refractivity contribution is -0.121. The number of carbonyl (C=O) groups is 1. The van der Waals surface area contributed by atoms with Crippen LogP contribution >= 0.6 is 0 Å². The molecule has 0 bridgehead atoms. The Balaban J connectivity index is 1.63. The number of hydrogen-bond acceptors (Lipinski definition) is 4. The van der Waals surface area contributed by atoms with Gasteiger partial charge in [-0.15, -0.1) is 0 Å². The second-order valence-electron chi connectivity index (χ2n) is 5.91. The van der Waals surface area contributed by atoms with Crippen LogP contribution in [-0.2, 0) is 4.79 Å². The number of carbonyl (C=O) groups excluding carboxylic acids is 1. The van der Waals surface area contributed by atoms with Crippen molar-refractivity contribution in [2.75, 3.05) is 26.2 Å². The summed E-state index contributed by atoms with van der Waals surface area (Å²) in [6.07, 6.45) is -0.0000458. The fourth-order valence-electron chi connectivity index (χ4n) is 2.91. The van der Waals surface area contributed by atoms with Crippen LogP contribution in [-0.4, -0.2) is 38.3 Å². The molecule has 1 aliphatic rings. The van der Waals surface area contributed by atoms with E-state index in [0.717, 1.165) is 30.8 Å². The van der Waals surface area contributed by atoms with Crippen molar-refractivity contribution in [2.24, 2.45) is 0 Å². The smallest absolute Gasteiger partial charge is 0.235 e. The van der Waals surface area contributed by atoms with E-state index in [4.69, 9.17) is 0 Å². The predicted molar refractivity (Wildman–Crippen MR) is 95.5 cm³/mol. The SMILES string of the molecule is O=C(CNC(c1ccccc1)c1ccccc1)NC1CNCCN1. The third-order valence-corrected chi connectivity index (χ3v) is 4.11. The molecule has 5 nitrogen and oxygen atoms in total. The largest absolute Gasteiger partial charge is 0.338 e. The number of amides is 1. The number of piperazine rings is 1. The maximum atomic E-state index is 12.2. The van der Waals surface area contributed by atoms with Crippen molar-refractivity contribution in [1.29, 1.82) is 0 Å². The molecule has 1 fully saturated rings. The molecule has 1 unspecified atom stereocenters. The summed E-state index contributed by atoms with van der Waals surface area (Å²) in [5.74, 6) is -0.00642. The monoisotopic (exact) mass is 324 g/mol. The van der Waals surface area contributed by atoms with Crippen molar-refractivity contribution in [1.82, 2.24) is 21.3 Å². The molecule has 24 heavy (non-hydrogen) atoms. The first-order chi connectivity index (χ1) is 11.8. The molecular formula is C19H24N4O. The number of benzene rings is 2. The third kappa shape index (κ3) is 4.64. The van der Waals surface area contributed by atoms with Gasteiger partial charge in [0.1, 0.15) is 0 Å². The first kappa shape index (κ1) is 16.6. The van der Waals surface area contributed by atoms with E-state index in [1.807, 2.05) is 36.4 Å². The molecule has 1 amide bonds. The molecule has 0 aliphatic carbocycles. The van der Waals surface area contributed by atoms with Crippen molar-refractivity contribution in [3.63, 3.8) is 0 Å². The summed E-state index contributed by atoms with van der Waals surface area (Å²) < 4.78 is 0. The molecular weight excluding hydrogens is 300 g/mol. The minimum absolute atomic E-state index is 0.0000458. The summed E-state index contributed by atoms with van der Waals surface area (Å²) in [4.78, 5) is 12.2. The van der Waals surface area contributed by atoms with Crippen LogP contribution in [0.4, 0.5) is 0 Å². The Bertz CT molecular complexity index is 587. The Morgan fingerprint density at radius 2 is 1.62 bits per heavy atom. The van der Waals surface area contributed by atoms with Gasteiger partial charge >= 0.3 is 0 Å². The Labute approximate surface area is 142 Å². The van der Waals surface area contributed by atoms with E-state index in [1.165, 1.54) is 0 Å². The average Bonchev–Trinajstić information content (AvgIpc) is 2.64. The molecule has 0 radical (unpaired) electrons. The van der Waals surface area contributed by atoms with E-state index in [0.29, 0.717) is 0 Å². The van der Waals surface area contributed by atoms with Gasteiger partial charge in [0, 0.05) is 19.6 Å². The lowest BCUT2D eigenvalue weighted by Crippen LogP contribution is -2.58. The van der Waals surface area contributed by atoms with Gasteiger partial charge in [0.05, 0.1) is 18.8 Å². The number of rotatable bonds is 6. The second kappa shape index (κ2) is 8.59. The molecule has 1 saturated heterocycles. The van der Waals surface area contributed by atoms with Crippen molar-refractivity contribution in [3.05, 3.63) is 71.8 Å². The van der Waals surface area contributed by atoms with E-state index >= 15 is 0 Å². The zero-order valence-electron chi connectivity index (χ0n) is 13.7. The first-order valence-electron chi connectivity index (χ1n) is 8.39. The van der Waals surface area contributed by atoms with Crippen LogP contribution in [0.5, 0.6) is 0 Å². The molecule has 0 spiro atoms. The zero-order chi connectivity index (χ0) is 16.6. The highest BCUT2D eigenvalue weighted by Gasteiger charge is 2.17. The highest BCUT2D eigenvalue weighted by Crippen LogP contribution is 2.21. The van der Waals surface area contributed by atoms with E-state index in [9.17, 15) is 4.79 Å². The number of nitrogens with one attached hydrogen (secondary N) is 4. The molecule has 126 valence electrons. The summed E-state index contributed by atoms with van der Waals surface area (Å²) >= 11 is 0. The fraction of sp³-hybridized carbons (Fsp3) is 0.316. The topological polar surface area (TPSA) is 65.2 Å². The molecule has 2 aromatic carbocycles. The van der Waals surface area contributed by atoms with Crippen LogP contribution in [0, 0.1) is 0 Å². The lowest BCUT2D eigenvalue weighted by atomic mass is 9.99. The van der Waals surface area contributed by atoms with Gasteiger partial charge in [-0.3, -0.25) is 15.4 Å². The van der Waals surface area contributed by atoms with Gasteiger partial charge in [0.25, 0.3) is 0 Å². The molecule has 0 aromatic heterocycles. The van der Waals surface area contributed by atoms with Crippen LogP contribution in [0.1, 0.15) is 17.2 Å². The molecule has 0 saturated carbocycles. The van der Waals surface area contributed by atoms with Crippen LogP contribution in [0.3, 0.4) is 0 Å². The number of hydrogen-bond donors (Lipinski definition) is 4. The summed E-state index contributed by atoms with van der Waals surface area (Å²) in [6.45, 7) is 2.84. The van der Waals surface area contributed by atoms with E-state index in [-0.39, 0.29) is 24.7 Å². The van der Waals surface area contributed by atoms with Gasteiger partial charge in [-0.05, 0) is 11.1 Å². The Morgan fingerprint density at radius 3 is 2.17 bits per heavy atom. The molecule has 3 rings (SSSR count). The van der Waals surface area contributed by atoms with Crippen LogP contribution in [0.25, 0.3) is 0 Å². The molecule has 2 aromatic rings. The van der Waals surface area contributed by atoms with E-state index < -0.39 is 0 Å². The van der Waals surface area contributed by atoms with Gasteiger partial charge in [-0.25, -0.2) is 0 Å². The van der Waals surface area contributed by atoms with Crippen LogP contribution < -0.4 is 21.3 Å². The van der Waals surface area contributed by atoms with Gasteiger partial charge in [0.2, 0.25) is 5.91 Å². The van der Waals surface area contributed by atoms with Crippen molar-refractivity contribution in [2.45, 2.75) is 12.2 Å². The van der Waals surface area contributed by atoms with E-state index in [2.05, 4.69) is 45.5 Å². The van der Waals surface area contributed by atoms with Crippen molar-refractivity contribution in [3.8, 4) is 0 Å². The van der Waals surface area contributed by atoms with Crippen LogP contribution in [0.2, 0.25) is 0 Å². The van der Waals surface area contributed by atoms with Gasteiger partial charge in [0.15, 0.2) is 0 Å². The molecule has 1 aliphatic heterocycles. The van der Waals surface area contributed by atoms with Crippen molar-refractivity contribution >= 4 is 5.91 Å². The van der Waals surface area contributed by atoms with E-state index in [1.54, 1.807) is 0 Å². The highest BCUT2D eigenvalue weighted by molar-refractivity contribution is 5.78. The van der Waals surface area contributed by atoms with Gasteiger partial charge in [-0.2, -0.15) is 0 Å². The maximum absolute atomic E-state index is 12.2. The predicted octanol–water partition coefficient (Wildman–Crippen LogP) is 1.00. The van der Waals surface area contributed by atoms with Crippen LogP contribution in [0.15, 0.2) is 60.7 Å². The maximum Gasteiger partial charge on any atom is 0.235 e. The normalized spacial score (nSPS) is 17.6. The first-order valence-corrected chi connectivity index (χ1v) is 8.39. The summed E-state index contributed by atoms with van der Waals surface area (Å²) in [7, 11) is 0. The zero-order valence-corrected chi connectivity index (χ0v) is 13.7. The Morgan fingerprint density at radius 1 is 1.00 bits per heavy atom. The minimum atomic E-state index is -0.00642. The highest BCUT2D eigenvalue weighted by atomic mass is 16.2. The third-order valence-electron chi connectivity index (χ3n) is 4.11. The fourth-order valence-corrected chi connectivity index (χ4v) is 2.91.